The molecule has 0 saturated heterocycles. The Hall–Kier alpha value is -4.36. The lowest BCUT2D eigenvalue weighted by Gasteiger charge is -2.44. The van der Waals surface area contributed by atoms with Crippen molar-refractivity contribution in [2.75, 3.05) is 0 Å². The number of hydrogen-bond donors (Lipinski definition) is 2. The van der Waals surface area contributed by atoms with E-state index in [-0.39, 0.29) is 23.6 Å². The van der Waals surface area contributed by atoms with Gasteiger partial charge < -0.3 is 10.6 Å². The van der Waals surface area contributed by atoms with Crippen LogP contribution in [0.5, 0.6) is 0 Å². The average molecular weight is 641 g/mol. The number of allylic oxidation sites excluding steroid dienone is 6. The molecule has 0 radical (unpaired) electrons. The molecule has 3 aromatic heterocycles. The van der Waals surface area contributed by atoms with E-state index >= 15 is 0 Å². The summed E-state index contributed by atoms with van der Waals surface area (Å²) in [7, 11) is 0. The summed E-state index contributed by atoms with van der Waals surface area (Å²) in [4.78, 5) is 25.6. The molecule has 1 atom stereocenters. The van der Waals surface area contributed by atoms with Crippen LogP contribution in [-0.4, -0.2) is 25.1 Å². The van der Waals surface area contributed by atoms with Crippen molar-refractivity contribution in [2.45, 2.75) is 110 Å². The Morgan fingerprint density at radius 2 is 1.90 bits per heavy atom. The zero-order valence-corrected chi connectivity index (χ0v) is 28.9. The van der Waals surface area contributed by atoms with Gasteiger partial charge in [0.25, 0.3) is 5.56 Å². The lowest BCUT2D eigenvalue weighted by atomic mass is 9.79. The van der Waals surface area contributed by atoms with Gasteiger partial charge in [0.2, 0.25) is 0 Å². The summed E-state index contributed by atoms with van der Waals surface area (Å²) in [6.45, 7) is 9.75. The number of rotatable bonds is 10. The van der Waals surface area contributed by atoms with Gasteiger partial charge in [-0.3, -0.25) is 14.8 Å². The highest BCUT2D eigenvalue weighted by Crippen LogP contribution is 2.59. The van der Waals surface area contributed by atoms with Gasteiger partial charge in [-0.1, -0.05) is 42.3 Å². The molecule has 3 heterocycles. The number of pyridine rings is 2. The molecule has 2 fully saturated rings. The predicted octanol–water partition coefficient (Wildman–Crippen LogP) is 8.37. The van der Waals surface area contributed by atoms with Crippen LogP contribution in [-0.2, 0) is 24.9 Å². The third-order valence-corrected chi connectivity index (χ3v) is 11.2. The Balaban J connectivity index is 1.35. The summed E-state index contributed by atoms with van der Waals surface area (Å²) >= 11 is 0. The number of aromatic amines is 1. The zero-order chi connectivity index (χ0) is 33.4. The number of hydrogen-bond acceptors (Lipinski definition) is 6. The highest BCUT2D eigenvalue weighted by Gasteiger charge is 2.52. The summed E-state index contributed by atoms with van der Waals surface area (Å²) in [5.41, 5.74) is 19.6. The molecule has 1 unspecified atom stereocenters. The van der Waals surface area contributed by atoms with Gasteiger partial charge >= 0.3 is 0 Å². The van der Waals surface area contributed by atoms with E-state index in [1.165, 1.54) is 51.2 Å². The second-order valence-corrected chi connectivity index (χ2v) is 14.0. The van der Waals surface area contributed by atoms with Crippen LogP contribution < -0.4 is 11.3 Å². The fourth-order valence-corrected chi connectivity index (χ4v) is 8.07. The molecule has 0 aliphatic heterocycles. The van der Waals surface area contributed by atoms with Gasteiger partial charge in [-0.05, 0) is 125 Å². The molecule has 248 valence electrons. The van der Waals surface area contributed by atoms with E-state index in [4.69, 9.17) is 15.7 Å². The van der Waals surface area contributed by atoms with Crippen LogP contribution >= 0.6 is 0 Å². The summed E-state index contributed by atoms with van der Waals surface area (Å²) in [5, 5.41) is 8.45. The molecule has 7 nitrogen and oxygen atoms in total. The summed E-state index contributed by atoms with van der Waals surface area (Å²) in [6, 6.07) is 15.4. The van der Waals surface area contributed by atoms with E-state index in [0.29, 0.717) is 5.39 Å². The largest absolute Gasteiger partial charge is 0.360 e. The maximum Gasteiger partial charge on any atom is 0.272 e. The standard InChI is InChI=1S/C41H48N6O/c1-5-26(3)37(27(4)6-2)30-15-17-32(44-24-30)25-47(36-14-8-10-28-13-9-21-43-38(28)36)39(29-11-7-12-29)41(19-20-41)31-16-18-33-34(22-31)35(23-42)45-46-40(33)48/h5,9,13,15-18,21-22,24,36H,6-8,10-12,14,19-20,23,25,42H2,1-4H3,(H,46,48)/b26-5-,37-27+. The zero-order valence-electron chi connectivity index (χ0n) is 28.9. The van der Waals surface area contributed by atoms with E-state index in [2.05, 4.69) is 91.5 Å². The van der Waals surface area contributed by atoms with Gasteiger partial charge in [0.15, 0.2) is 0 Å². The molecule has 3 N–H and O–H groups in total. The molecule has 0 amide bonds. The van der Waals surface area contributed by atoms with Gasteiger partial charge in [0.1, 0.15) is 0 Å². The van der Waals surface area contributed by atoms with Crippen molar-refractivity contribution >= 4 is 16.3 Å². The monoisotopic (exact) mass is 640 g/mol. The van der Waals surface area contributed by atoms with Crippen LogP contribution in [0.25, 0.3) is 16.3 Å². The molecule has 4 aromatic rings. The van der Waals surface area contributed by atoms with Crippen LogP contribution in [0, 0.1) is 0 Å². The lowest BCUT2D eigenvalue weighted by molar-refractivity contribution is 0.192. The molecule has 7 rings (SSSR count). The normalized spacial score (nSPS) is 19.0. The van der Waals surface area contributed by atoms with Gasteiger partial charge in [-0.2, -0.15) is 5.10 Å². The van der Waals surface area contributed by atoms with Gasteiger partial charge in [-0.25, -0.2) is 5.10 Å². The average Bonchev–Trinajstić information content (AvgIpc) is 3.91. The Morgan fingerprint density at radius 3 is 2.56 bits per heavy atom. The maximum atomic E-state index is 12.7. The smallest absolute Gasteiger partial charge is 0.272 e. The highest BCUT2D eigenvalue weighted by molar-refractivity contribution is 5.85. The molecule has 7 heteroatoms. The summed E-state index contributed by atoms with van der Waals surface area (Å²) < 4.78 is 0. The number of H-pyrrole nitrogens is 1. The molecule has 1 aromatic carbocycles. The van der Waals surface area contributed by atoms with Crippen LogP contribution in [0.4, 0.5) is 0 Å². The first kappa shape index (κ1) is 32.2. The van der Waals surface area contributed by atoms with Crippen LogP contribution in [0.15, 0.2) is 88.1 Å². The third-order valence-electron chi connectivity index (χ3n) is 11.2. The third kappa shape index (κ3) is 5.72. The first-order valence-electron chi connectivity index (χ1n) is 17.8. The fourth-order valence-electron chi connectivity index (χ4n) is 8.07. The number of aryl methyl sites for hydroxylation is 1. The van der Waals surface area contributed by atoms with Crippen molar-refractivity contribution < 1.29 is 0 Å². The van der Waals surface area contributed by atoms with Gasteiger partial charge in [0.05, 0.1) is 35.1 Å². The van der Waals surface area contributed by atoms with Crippen molar-refractivity contribution in [2.24, 2.45) is 5.73 Å². The van der Waals surface area contributed by atoms with Gasteiger partial charge in [-0.15, -0.1) is 0 Å². The minimum Gasteiger partial charge on any atom is -0.360 e. The molecule has 0 bridgehead atoms. The number of nitrogens with two attached hydrogens (primary N) is 1. The number of nitrogens with zero attached hydrogens (tertiary/aromatic N) is 4. The Kier molecular flexibility index (Phi) is 8.90. The Morgan fingerprint density at radius 1 is 1.06 bits per heavy atom. The first-order valence-corrected chi connectivity index (χ1v) is 17.8. The second kappa shape index (κ2) is 13.3. The van der Waals surface area contributed by atoms with Crippen LogP contribution in [0.1, 0.15) is 119 Å². The van der Waals surface area contributed by atoms with Gasteiger partial charge in [0, 0.05) is 41.0 Å². The first-order chi connectivity index (χ1) is 23.4. The SMILES string of the molecule is C/C=C(C)\C(=C(\C)CC)c1ccc(CN(C(=C2CCC2)C2(c3ccc4c(=O)[nH]nc(CN)c4c3)CC2)C2CCCc3cccnc32)nc1. The highest BCUT2D eigenvalue weighted by atomic mass is 16.1. The van der Waals surface area contributed by atoms with Crippen molar-refractivity contribution in [1.29, 1.82) is 0 Å². The van der Waals surface area contributed by atoms with E-state index in [9.17, 15) is 4.79 Å². The topological polar surface area (TPSA) is 101 Å². The van der Waals surface area contributed by atoms with Crippen molar-refractivity contribution in [3.63, 3.8) is 0 Å². The number of nitrogens with one attached hydrogen (secondary N) is 1. The molecule has 48 heavy (non-hydrogen) atoms. The quantitative estimate of drug-likeness (QED) is 0.169. The maximum absolute atomic E-state index is 12.7. The van der Waals surface area contributed by atoms with Crippen molar-refractivity contribution in [1.82, 2.24) is 25.1 Å². The van der Waals surface area contributed by atoms with E-state index in [0.717, 1.165) is 74.7 Å². The molecular weight excluding hydrogens is 592 g/mol. The lowest BCUT2D eigenvalue weighted by Crippen LogP contribution is -2.37. The molecule has 0 spiro atoms. The second-order valence-electron chi connectivity index (χ2n) is 14.0. The van der Waals surface area contributed by atoms with E-state index < -0.39 is 0 Å². The predicted molar refractivity (Wildman–Crippen MR) is 194 cm³/mol. The van der Waals surface area contributed by atoms with Crippen LogP contribution in [0.3, 0.4) is 0 Å². The van der Waals surface area contributed by atoms with E-state index in [1.54, 1.807) is 5.57 Å². The Bertz CT molecular complexity index is 1990. The molecule has 3 aliphatic rings. The number of benzene rings is 1. The molecule has 3 aliphatic carbocycles. The summed E-state index contributed by atoms with van der Waals surface area (Å²) in [5.74, 6) is 0. The molecular formula is C41H48N6O. The number of fused-ring (bicyclic) bond motifs is 2. The van der Waals surface area contributed by atoms with E-state index in [1.807, 2.05) is 12.3 Å². The van der Waals surface area contributed by atoms with Crippen LogP contribution in [0.2, 0.25) is 0 Å². The van der Waals surface area contributed by atoms with Crippen molar-refractivity contribution in [3.8, 4) is 0 Å². The minimum atomic E-state index is -0.172. The van der Waals surface area contributed by atoms with Crippen molar-refractivity contribution in [3.05, 3.63) is 127 Å². The Labute approximate surface area is 284 Å². The summed E-state index contributed by atoms with van der Waals surface area (Å²) in [6.07, 6.45) is 16.1. The minimum absolute atomic E-state index is 0.123. The molecule has 2 saturated carbocycles. The number of aromatic nitrogens is 4. The fraction of sp³-hybridized carbons (Fsp3) is 0.415.